The summed E-state index contributed by atoms with van der Waals surface area (Å²) in [6, 6.07) is 91.9. The summed E-state index contributed by atoms with van der Waals surface area (Å²) in [5, 5.41) is 14.8. The Morgan fingerprint density at radius 2 is 0.613 bits per heavy atom. The number of benzene rings is 10. The van der Waals surface area contributed by atoms with Crippen molar-refractivity contribution < 1.29 is 13.2 Å². The zero-order valence-electron chi connectivity index (χ0n) is 50.1. The van der Waals surface area contributed by atoms with Crippen LogP contribution in [0.4, 0.5) is 13.2 Å². The Kier molecular flexibility index (Phi) is 13.8. The average Bonchev–Trinajstić information content (AvgIpc) is 1.62. The molecule has 7 nitrogen and oxygen atoms in total. The van der Waals surface area contributed by atoms with Gasteiger partial charge < -0.3 is 9.13 Å². The number of pyridine rings is 4. The largest absolute Gasteiger partial charge is 0.417 e. The second-order valence-electron chi connectivity index (χ2n) is 23.3. The molecular weight excluding hydrogens is 1150 g/mol. The van der Waals surface area contributed by atoms with Gasteiger partial charge in [-0.05, 0) is 172 Å². The van der Waals surface area contributed by atoms with Gasteiger partial charge in [0.25, 0.3) is 0 Å². The minimum Gasteiger partial charge on any atom is -0.308 e. The van der Waals surface area contributed by atoms with Crippen molar-refractivity contribution in [1.29, 1.82) is 5.26 Å². The highest BCUT2D eigenvalue weighted by Crippen LogP contribution is 2.49. The van der Waals surface area contributed by atoms with Crippen LogP contribution in [0.25, 0.3) is 156 Å². The van der Waals surface area contributed by atoms with E-state index in [-0.39, 0.29) is 11.1 Å². The zero-order chi connectivity index (χ0) is 62.7. The van der Waals surface area contributed by atoms with E-state index < -0.39 is 11.7 Å². The molecule has 93 heavy (non-hydrogen) atoms. The van der Waals surface area contributed by atoms with E-state index in [1.54, 1.807) is 25.1 Å². The Hall–Kier alpha value is -12.3. The van der Waals surface area contributed by atoms with Crippen LogP contribution >= 0.6 is 0 Å². The molecule has 0 atom stereocenters. The van der Waals surface area contributed by atoms with E-state index in [9.17, 15) is 5.26 Å². The first kappa shape index (κ1) is 56.0. The van der Waals surface area contributed by atoms with Crippen LogP contribution in [0.2, 0.25) is 0 Å². The molecule has 0 aliphatic rings. The fraction of sp³-hybridized carbons (Fsp3) is 0.0241. The molecule has 0 saturated heterocycles. The fourth-order valence-electron chi connectivity index (χ4n) is 13.3. The molecule has 10 heteroatoms. The van der Waals surface area contributed by atoms with Gasteiger partial charge in [-0.2, -0.15) is 18.4 Å². The van der Waals surface area contributed by atoms with Crippen molar-refractivity contribution in [2.75, 3.05) is 0 Å². The van der Waals surface area contributed by atoms with E-state index in [2.05, 4.69) is 88.0 Å². The van der Waals surface area contributed by atoms with Gasteiger partial charge >= 0.3 is 6.18 Å². The highest BCUT2D eigenvalue weighted by molar-refractivity contribution is 6.15. The molecule has 0 aliphatic carbocycles. The van der Waals surface area contributed by atoms with Crippen LogP contribution in [0.5, 0.6) is 0 Å². The van der Waals surface area contributed by atoms with Crippen molar-refractivity contribution in [3.8, 4) is 118 Å². The Morgan fingerprint density at radius 3 is 0.903 bits per heavy atom. The number of fused-ring (bicyclic) bond motifs is 6. The summed E-state index contributed by atoms with van der Waals surface area (Å²) in [6.45, 7) is 1.73. The number of hydrogen-bond acceptors (Lipinski definition) is 5. The lowest BCUT2D eigenvalue weighted by atomic mass is 9.90. The van der Waals surface area contributed by atoms with Crippen molar-refractivity contribution in [2.45, 2.75) is 13.1 Å². The maximum atomic E-state index is 16.3. The highest BCUT2D eigenvalue weighted by atomic mass is 19.4. The first-order chi connectivity index (χ1) is 45.6. The molecule has 16 rings (SSSR count). The minimum absolute atomic E-state index is 0.00289. The van der Waals surface area contributed by atoms with Gasteiger partial charge in [0.1, 0.15) is 0 Å². The summed E-state index contributed by atoms with van der Waals surface area (Å²) < 4.78 is 53.0. The van der Waals surface area contributed by atoms with Gasteiger partial charge in [0, 0.05) is 79.7 Å². The zero-order valence-corrected chi connectivity index (χ0v) is 50.1. The smallest absolute Gasteiger partial charge is 0.308 e. The van der Waals surface area contributed by atoms with E-state index in [1.165, 1.54) is 6.07 Å². The summed E-state index contributed by atoms with van der Waals surface area (Å²) >= 11 is 0. The standard InChI is InChI=1S/C83H52F3N7/c1-52-15-14-24-70(83(84,85)86)81(52)82-79(92-75-29-25-58(62-33-37-88-71(47-62)54-16-6-2-7-17-54)43-66(75)67-44-59(26-30-76(67)92)63-34-38-89-72(48-63)55-18-8-3-9-19-55)41-53(51-87)42-80(82)93-77-31-27-60(64-35-39-90-73(49-64)56-20-10-4-11-21-56)45-68(77)69-46-61(28-32-78(69)93)65-36-40-91-74(50-65)57-22-12-5-13-23-57/h2-50H,1H3. The van der Waals surface area contributed by atoms with Crippen molar-refractivity contribution >= 4 is 43.6 Å². The SMILES string of the molecule is Cc1cccc(C(F)(F)F)c1-c1c(-n2c3ccc(-c4ccnc(-c5ccccc5)c4)cc3c3cc(-c4ccnc(-c5ccccc5)c4)ccc32)cc(C#N)cc1-n1c2ccc(-c3ccnc(-c4ccccc4)c3)cc2c2cc(-c3ccnc(-c4ccccc4)c3)ccc21. The quantitative estimate of drug-likeness (QED) is 0.129. The Bertz CT molecular complexity index is 5050. The van der Waals surface area contributed by atoms with E-state index in [4.69, 9.17) is 19.9 Å². The second-order valence-corrected chi connectivity index (χ2v) is 23.3. The monoisotopic (exact) mass is 1200 g/mol. The number of nitrogens with zero attached hydrogens (tertiary/aromatic N) is 7. The summed E-state index contributed by atoms with van der Waals surface area (Å²) in [6.07, 6.45) is 2.47. The van der Waals surface area contributed by atoms with Crippen molar-refractivity contribution in [3.63, 3.8) is 0 Å². The molecule has 440 valence electrons. The fourth-order valence-corrected chi connectivity index (χ4v) is 13.3. The molecule has 0 fully saturated rings. The molecule has 0 aliphatic heterocycles. The average molecular weight is 1200 g/mol. The predicted molar refractivity (Wildman–Crippen MR) is 370 cm³/mol. The van der Waals surface area contributed by atoms with E-state index in [1.807, 2.05) is 195 Å². The second kappa shape index (κ2) is 22.9. The van der Waals surface area contributed by atoms with E-state index >= 15 is 13.2 Å². The lowest BCUT2D eigenvalue weighted by Crippen LogP contribution is -2.12. The third-order valence-electron chi connectivity index (χ3n) is 17.7. The number of hydrogen-bond donors (Lipinski definition) is 0. The van der Waals surface area contributed by atoms with Crippen molar-refractivity contribution in [3.05, 3.63) is 314 Å². The molecule has 0 saturated carbocycles. The lowest BCUT2D eigenvalue weighted by molar-refractivity contribution is -0.137. The molecule has 0 radical (unpaired) electrons. The molecule has 0 N–H and O–H groups in total. The van der Waals surface area contributed by atoms with Gasteiger partial charge in [0.05, 0.1) is 73.4 Å². The molecule has 6 heterocycles. The topological polar surface area (TPSA) is 85.2 Å². The van der Waals surface area contributed by atoms with Crippen LogP contribution in [0, 0.1) is 18.3 Å². The van der Waals surface area contributed by atoms with Crippen LogP contribution in [0.15, 0.2) is 298 Å². The number of alkyl halides is 3. The first-order valence-electron chi connectivity index (χ1n) is 30.6. The van der Waals surface area contributed by atoms with Crippen molar-refractivity contribution in [2.24, 2.45) is 0 Å². The summed E-state index contributed by atoms with van der Waals surface area (Å²) in [7, 11) is 0. The van der Waals surface area contributed by atoms with Crippen LogP contribution in [-0.2, 0) is 6.18 Å². The molecule has 0 spiro atoms. The molecule has 16 aromatic rings. The van der Waals surface area contributed by atoms with E-state index in [0.29, 0.717) is 22.5 Å². The molecular formula is C83H52F3N7. The van der Waals surface area contributed by atoms with Crippen LogP contribution < -0.4 is 0 Å². The third kappa shape index (κ3) is 10.1. The summed E-state index contributed by atoms with van der Waals surface area (Å²) in [5.41, 5.74) is 18.4. The van der Waals surface area contributed by atoms with Crippen LogP contribution in [0.3, 0.4) is 0 Å². The highest BCUT2D eigenvalue weighted by Gasteiger charge is 2.37. The van der Waals surface area contributed by atoms with Gasteiger partial charge in [0.15, 0.2) is 0 Å². The predicted octanol–water partition coefficient (Wildman–Crippen LogP) is 21.7. The van der Waals surface area contributed by atoms with Gasteiger partial charge in [-0.15, -0.1) is 0 Å². The number of rotatable bonds is 11. The lowest BCUT2D eigenvalue weighted by Gasteiger charge is -2.24. The Balaban J connectivity index is 0.986. The van der Waals surface area contributed by atoms with Crippen LogP contribution in [-0.4, -0.2) is 29.1 Å². The Labute approximate surface area is 533 Å². The normalized spacial score (nSPS) is 11.6. The van der Waals surface area contributed by atoms with Gasteiger partial charge in [-0.1, -0.05) is 158 Å². The molecule has 0 unspecified atom stereocenters. The number of nitriles is 1. The first-order valence-corrected chi connectivity index (χ1v) is 30.6. The number of aryl methyl sites for hydroxylation is 1. The molecule has 0 amide bonds. The molecule has 10 aromatic carbocycles. The number of aromatic nitrogens is 6. The van der Waals surface area contributed by atoms with Gasteiger partial charge in [-0.25, -0.2) is 0 Å². The Morgan fingerprint density at radius 1 is 0.312 bits per heavy atom. The molecule has 0 bridgehead atoms. The van der Waals surface area contributed by atoms with Crippen molar-refractivity contribution in [1.82, 2.24) is 29.1 Å². The maximum absolute atomic E-state index is 16.3. The number of halogens is 3. The van der Waals surface area contributed by atoms with Gasteiger partial charge in [-0.3, -0.25) is 19.9 Å². The maximum Gasteiger partial charge on any atom is 0.417 e. The third-order valence-corrected chi connectivity index (χ3v) is 17.7. The van der Waals surface area contributed by atoms with E-state index in [0.717, 1.165) is 139 Å². The van der Waals surface area contributed by atoms with Gasteiger partial charge in [0.2, 0.25) is 0 Å². The molecule has 6 aromatic heterocycles. The minimum atomic E-state index is -4.79. The summed E-state index contributed by atoms with van der Waals surface area (Å²) in [5.74, 6) is 0. The summed E-state index contributed by atoms with van der Waals surface area (Å²) in [4.78, 5) is 19.0. The van der Waals surface area contributed by atoms with Crippen LogP contribution in [0.1, 0.15) is 16.7 Å².